The van der Waals surface area contributed by atoms with E-state index in [-0.39, 0.29) is 24.8 Å². The minimum atomic E-state index is 0. The maximum atomic E-state index is 6.09. The monoisotopic (exact) mass is 355 g/mol. The van der Waals surface area contributed by atoms with E-state index in [0.717, 1.165) is 25.1 Å². The number of nitrogens with zero attached hydrogens (tertiary/aromatic N) is 2. The summed E-state index contributed by atoms with van der Waals surface area (Å²) >= 11 is 12.2. The molecule has 0 radical (unpaired) electrons. The molecule has 1 N–H and O–H groups in total. The summed E-state index contributed by atoms with van der Waals surface area (Å²) < 4.78 is 2.06. The van der Waals surface area contributed by atoms with Gasteiger partial charge in [0.25, 0.3) is 0 Å². The predicted octanol–water partition coefficient (Wildman–Crippen LogP) is 4.21. The van der Waals surface area contributed by atoms with Gasteiger partial charge in [0, 0.05) is 41.1 Å². The Hall–Kier alpha value is -0.450. The van der Waals surface area contributed by atoms with Crippen LogP contribution in [-0.2, 0) is 13.1 Å². The number of halogens is 4. The summed E-state index contributed by atoms with van der Waals surface area (Å²) in [4.78, 5) is 4.00. The second kappa shape index (κ2) is 10.3. The molecule has 0 saturated heterocycles. The first-order valence-corrected chi connectivity index (χ1v) is 6.62. The molecular weight excluding hydrogens is 340 g/mol. The molecule has 0 fully saturated rings. The van der Waals surface area contributed by atoms with E-state index in [0.29, 0.717) is 16.6 Å². The van der Waals surface area contributed by atoms with Gasteiger partial charge in [-0.1, -0.05) is 29.3 Å². The molecule has 0 bridgehead atoms. The maximum Gasteiger partial charge on any atom is 0.0945 e. The summed E-state index contributed by atoms with van der Waals surface area (Å²) in [6.45, 7) is 2.57. The fraction of sp³-hybridized carbons (Fsp3) is 0.308. The van der Waals surface area contributed by atoms with Crippen LogP contribution in [0.4, 0.5) is 0 Å². The lowest BCUT2D eigenvalue weighted by atomic mass is 10.2. The van der Waals surface area contributed by atoms with Crippen molar-refractivity contribution in [2.75, 3.05) is 6.54 Å². The Balaban J connectivity index is 0.00000180. The Bertz CT molecular complexity index is 468. The molecule has 0 amide bonds. The number of nitrogens with one attached hydrogen (secondary N) is 1. The highest BCUT2D eigenvalue weighted by Gasteiger charge is 2.04. The van der Waals surface area contributed by atoms with E-state index in [2.05, 4.69) is 14.9 Å². The zero-order chi connectivity index (χ0) is 12.8. The van der Waals surface area contributed by atoms with E-state index in [1.807, 2.05) is 30.7 Å². The molecule has 0 aliphatic heterocycles. The van der Waals surface area contributed by atoms with Crippen molar-refractivity contribution in [2.24, 2.45) is 0 Å². The molecule has 112 valence electrons. The standard InChI is InChI=1S/C13H15Cl2N3.2ClH/c14-12-3-1-4-13(15)11(12)9-16-5-2-7-18-8-6-17-10-18;;/h1,3-4,6,8,10,16H,2,5,7,9H2;2*1H. The quantitative estimate of drug-likeness (QED) is 0.785. The van der Waals surface area contributed by atoms with Gasteiger partial charge >= 0.3 is 0 Å². The first-order chi connectivity index (χ1) is 8.77. The number of hydrogen-bond acceptors (Lipinski definition) is 2. The summed E-state index contributed by atoms with van der Waals surface area (Å²) in [5.41, 5.74) is 0.962. The van der Waals surface area contributed by atoms with Crippen LogP contribution in [0.25, 0.3) is 0 Å². The first-order valence-electron chi connectivity index (χ1n) is 5.86. The van der Waals surface area contributed by atoms with E-state index in [1.54, 1.807) is 6.20 Å². The van der Waals surface area contributed by atoms with Gasteiger partial charge in [-0.3, -0.25) is 0 Å². The molecule has 0 aliphatic rings. The Morgan fingerprint density at radius 2 is 1.85 bits per heavy atom. The number of hydrogen-bond donors (Lipinski definition) is 1. The van der Waals surface area contributed by atoms with Gasteiger partial charge in [0.1, 0.15) is 0 Å². The van der Waals surface area contributed by atoms with Gasteiger partial charge in [-0.15, -0.1) is 24.8 Å². The van der Waals surface area contributed by atoms with Crippen LogP contribution in [0.1, 0.15) is 12.0 Å². The lowest BCUT2D eigenvalue weighted by Crippen LogP contribution is -2.16. The minimum absolute atomic E-state index is 0. The number of imidazole rings is 1. The highest BCUT2D eigenvalue weighted by molar-refractivity contribution is 6.35. The van der Waals surface area contributed by atoms with Gasteiger partial charge in [-0.05, 0) is 25.1 Å². The van der Waals surface area contributed by atoms with Crippen molar-refractivity contribution < 1.29 is 0 Å². The third kappa shape index (κ3) is 5.90. The normalized spacial score (nSPS) is 9.70. The van der Waals surface area contributed by atoms with E-state index < -0.39 is 0 Å². The molecule has 1 aromatic carbocycles. The van der Waals surface area contributed by atoms with Crippen LogP contribution in [0.3, 0.4) is 0 Å². The van der Waals surface area contributed by atoms with Crippen LogP contribution in [0.2, 0.25) is 10.0 Å². The van der Waals surface area contributed by atoms with Gasteiger partial charge in [-0.2, -0.15) is 0 Å². The topological polar surface area (TPSA) is 29.9 Å². The molecule has 0 saturated carbocycles. The van der Waals surface area contributed by atoms with Crippen molar-refractivity contribution in [1.82, 2.24) is 14.9 Å². The lowest BCUT2D eigenvalue weighted by Gasteiger charge is -2.08. The lowest BCUT2D eigenvalue weighted by molar-refractivity contribution is 0.581. The molecule has 2 aromatic rings. The average Bonchev–Trinajstić information content (AvgIpc) is 2.85. The number of aromatic nitrogens is 2. The van der Waals surface area contributed by atoms with Crippen LogP contribution in [0.15, 0.2) is 36.9 Å². The van der Waals surface area contributed by atoms with Crippen molar-refractivity contribution in [2.45, 2.75) is 19.5 Å². The fourth-order valence-electron chi connectivity index (χ4n) is 1.72. The van der Waals surface area contributed by atoms with Crippen LogP contribution < -0.4 is 5.32 Å². The molecule has 2 rings (SSSR count). The Morgan fingerprint density at radius 3 is 2.45 bits per heavy atom. The zero-order valence-electron chi connectivity index (χ0n) is 10.8. The first kappa shape index (κ1) is 19.6. The van der Waals surface area contributed by atoms with Crippen molar-refractivity contribution in [3.8, 4) is 0 Å². The van der Waals surface area contributed by atoms with Gasteiger partial charge in [-0.25, -0.2) is 4.98 Å². The SMILES string of the molecule is Cl.Cl.Clc1cccc(Cl)c1CNCCCn1ccnc1. The van der Waals surface area contributed by atoms with Crippen molar-refractivity contribution >= 4 is 48.0 Å². The summed E-state index contributed by atoms with van der Waals surface area (Å²) in [6, 6.07) is 5.57. The Labute approximate surface area is 141 Å². The smallest absolute Gasteiger partial charge is 0.0945 e. The largest absolute Gasteiger partial charge is 0.337 e. The molecule has 1 aromatic heterocycles. The molecule has 0 atom stereocenters. The highest BCUT2D eigenvalue weighted by atomic mass is 35.5. The number of aryl methyl sites for hydroxylation is 1. The summed E-state index contributed by atoms with van der Waals surface area (Å²) in [5.74, 6) is 0. The van der Waals surface area contributed by atoms with Crippen LogP contribution in [0.5, 0.6) is 0 Å². The molecule has 1 heterocycles. The molecule has 0 spiro atoms. The van der Waals surface area contributed by atoms with Gasteiger partial charge in [0.05, 0.1) is 6.33 Å². The van der Waals surface area contributed by atoms with Crippen molar-refractivity contribution in [1.29, 1.82) is 0 Å². The maximum absolute atomic E-state index is 6.09. The van der Waals surface area contributed by atoms with Gasteiger partial charge in [0.2, 0.25) is 0 Å². The van der Waals surface area contributed by atoms with Gasteiger partial charge < -0.3 is 9.88 Å². The van der Waals surface area contributed by atoms with Crippen LogP contribution in [-0.4, -0.2) is 16.1 Å². The summed E-state index contributed by atoms with van der Waals surface area (Å²) in [6.07, 6.45) is 6.62. The third-order valence-electron chi connectivity index (χ3n) is 2.69. The third-order valence-corrected chi connectivity index (χ3v) is 3.40. The predicted molar refractivity (Wildman–Crippen MR) is 89.5 cm³/mol. The van der Waals surface area contributed by atoms with Crippen molar-refractivity contribution in [3.05, 3.63) is 52.5 Å². The van der Waals surface area contributed by atoms with E-state index in [9.17, 15) is 0 Å². The number of rotatable bonds is 6. The van der Waals surface area contributed by atoms with E-state index >= 15 is 0 Å². The molecule has 0 aliphatic carbocycles. The molecule has 20 heavy (non-hydrogen) atoms. The van der Waals surface area contributed by atoms with Crippen LogP contribution >= 0.6 is 48.0 Å². The molecule has 3 nitrogen and oxygen atoms in total. The Kier molecular flexibility index (Phi) is 10.1. The van der Waals surface area contributed by atoms with Gasteiger partial charge in [0.15, 0.2) is 0 Å². The summed E-state index contributed by atoms with van der Waals surface area (Å²) in [5, 5.41) is 4.77. The van der Waals surface area contributed by atoms with E-state index in [1.165, 1.54) is 0 Å². The zero-order valence-corrected chi connectivity index (χ0v) is 13.9. The number of benzene rings is 1. The molecular formula is C13H17Cl4N3. The van der Waals surface area contributed by atoms with E-state index in [4.69, 9.17) is 23.2 Å². The summed E-state index contributed by atoms with van der Waals surface area (Å²) in [7, 11) is 0. The second-order valence-corrected chi connectivity index (χ2v) is 4.85. The van der Waals surface area contributed by atoms with Crippen LogP contribution in [0, 0.1) is 0 Å². The second-order valence-electron chi connectivity index (χ2n) is 4.03. The fourth-order valence-corrected chi connectivity index (χ4v) is 2.25. The Morgan fingerprint density at radius 1 is 1.15 bits per heavy atom. The minimum Gasteiger partial charge on any atom is -0.337 e. The molecule has 7 heteroatoms. The highest BCUT2D eigenvalue weighted by Crippen LogP contribution is 2.23. The molecule has 0 unspecified atom stereocenters. The van der Waals surface area contributed by atoms with Crippen molar-refractivity contribution in [3.63, 3.8) is 0 Å². The average molecular weight is 357 g/mol.